The van der Waals surface area contributed by atoms with Crippen molar-refractivity contribution >= 4 is 5.91 Å². The summed E-state index contributed by atoms with van der Waals surface area (Å²) in [5, 5.41) is 23.2. The quantitative estimate of drug-likeness (QED) is 0.284. The van der Waals surface area contributed by atoms with Crippen molar-refractivity contribution < 1.29 is 28.5 Å². The van der Waals surface area contributed by atoms with Crippen LogP contribution in [0.15, 0.2) is 61.2 Å². The number of hydrogen-bond donors (Lipinski definition) is 2. The van der Waals surface area contributed by atoms with E-state index in [0.29, 0.717) is 46.4 Å². The summed E-state index contributed by atoms with van der Waals surface area (Å²) >= 11 is 0. The molecule has 7 rings (SSSR count). The molecule has 0 saturated heterocycles. The lowest BCUT2D eigenvalue weighted by Gasteiger charge is -2.30. The first kappa shape index (κ1) is 27.3. The number of aliphatic hydroxyl groups is 1. The molecule has 2 N–H and O–H groups in total. The van der Waals surface area contributed by atoms with E-state index in [2.05, 4.69) is 15.5 Å². The Balaban J connectivity index is 1.24. The highest BCUT2D eigenvalue weighted by molar-refractivity contribution is 5.95. The molecule has 0 spiro atoms. The Morgan fingerprint density at radius 3 is 2.53 bits per heavy atom. The second-order valence-corrected chi connectivity index (χ2v) is 11.7. The van der Waals surface area contributed by atoms with Crippen molar-refractivity contribution in [3.05, 3.63) is 83.8 Å². The average molecular weight is 586 g/mol. The normalized spacial score (nSPS) is 20.6. The number of benzene rings is 2. The number of rotatable bonds is 10. The standard InChI is InChI=1S/C32H32FN5O5/c1-31(38-17-35-36-18-38)16-42-29-24(31)14-27(37-28(29)19-3-8-22(33)9-4-19)32(40,21-6-7-21)15-34-30(39)20-5-12-25(26(13-20)41-2)43-23-10-11-23/h3-5,8-9,12-14,17-18,21,23,40H,6-7,10-11,15-16H2,1-2H3,(H,34,39)/t31-,32+/m0/s1. The van der Waals surface area contributed by atoms with Crippen LogP contribution in [0.1, 0.15) is 54.2 Å². The maximum atomic E-state index is 13.8. The molecule has 0 unspecified atom stereocenters. The number of nitrogens with one attached hydrogen (secondary N) is 1. The van der Waals surface area contributed by atoms with E-state index < -0.39 is 11.1 Å². The second kappa shape index (κ2) is 10.3. The van der Waals surface area contributed by atoms with Crippen LogP contribution in [0.3, 0.4) is 0 Å². The van der Waals surface area contributed by atoms with E-state index in [1.54, 1.807) is 43.0 Å². The van der Waals surface area contributed by atoms with Crippen molar-refractivity contribution in [2.45, 2.75) is 49.9 Å². The number of hydrogen-bond acceptors (Lipinski definition) is 8. The number of halogens is 1. The van der Waals surface area contributed by atoms with Gasteiger partial charge in [-0.25, -0.2) is 9.37 Å². The van der Waals surface area contributed by atoms with Crippen LogP contribution in [0.25, 0.3) is 11.3 Å². The molecule has 10 nitrogen and oxygen atoms in total. The molecular weight excluding hydrogens is 553 g/mol. The van der Waals surface area contributed by atoms with Crippen LogP contribution in [0.4, 0.5) is 4.39 Å². The summed E-state index contributed by atoms with van der Waals surface area (Å²) in [5.41, 5.74) is 0.582. The molecule has 3 heterocycles. The molecule has 0 bridgehead atoms. The zero-order chi connectivity index (χ0) is 29.8. The lowest BCUT2D eigenvalue weighted by atomic mass is 9.86. The van der Waals surface area contributed by atoms with Crippen molar-refractivity contribution in [2.24, 2.45) is 5.92 Å². The Hall–Kier alpha value is -4.51. The van der Waals surface area contributed by atoms with E-state index in [4.69, 9.17) is 19.2 Å². The summed E-state index contributed by atoms with van der Waals surface area (Å²) in [6.07, 6.45) is 7.04. The van der Waals surface area contributed by atoms with Crippen LogP contribution in [0.2, 0.25) is 0 Å². The van der Waals surface area contributed by atoms with Crippen molar-refractivity contribution in [1.82, 2.24) is 25.1 Å². The molecule has 43 heavy (non-hydrogen) atoms. The minimum absolute atomic E-state index is 0.0576. The molecule has 1 aliphatic heterocycles. The van der Waals surface area contributed by atoms with E-state index >= 15 is 0 Å². The number of nitrogens with zero attached hydrogens (tertiary/aromatic N) is 4. The Labute approximate surface area is 247 Å². The third kappa shape index (κ3) is 4.97. The highest BCUT2D eigenvalue weighted by Gasteiger charge is 2.49. The van der Waals surface area contributed by atoms with Crippen LogP contribution < -0.4 is 19.5 Å². The van der Waals surface area contributed by atoms with E-state index in [-0.39, 0.29) is 30.3 Å². The summed E-state index contributed by atoms with van der Waals surface area (Å²) in [5.74, 6) is 0.807. The van der Waals surface area contributed by atoms with Crippen LogP contribution >= 0.6 is 0 Å². The second-order valence-electron chi connectivity index (χ2n) is 11.7. The summed E-state index contributed by atoms with van der Waals surface area (Å²) in [6, 6.07) is 12.9. The average Bonchev–Trinajstić information content (AvgIpc) is 3.95. The molecular formula is C32H32FN5O5. The maximum absolute atomic E-state index is 13.8. The molecule has 2 aromatic carbocycles. The van der Waals surface area contributed by atoms with Gasteiger partial charge in [0.1, 0.15) is 41.9 Å². The molecule has 2 saturated carbocycles. The Morgan fingerprint density at radius 1 is 1.12 bits per heavy atom. The fourth-order valence-corrected chi connectivity index (χ4v) is 5.66. The van der Waals surface area contributed by atoms with Gasteiger partial charge in [0.15, 0.2) is 17.2 Å². The van der Waals surface area contributed by atoms with Crippen molar-refractivity contribution in [3.63, 3.8) is 0 Å². The van der Waals surface area contributed by atoms with Gasteiger partial charge < -0.3 is 29.2 Å². The van der Waals surface area contributed by atoms with Gasteiger partial charge in [0.25, 0.3) is 5.91 Å². The number of ether oxygens (including phenoxy) is 3. The van der Waals surface area contributed by atoms with Crippen LogP contribution in [0, 0.1) is 11.7 Å². The van der Waals surface area contributed by atoms with E-state index in [0.717, 1.165) is 31.2 Å². The number of aromatic nitrogens is 4. The highest BCUT2D eigenvalue weighted by atomic mass is 19.1. The molecule has 0 radical (unpaired) electrons. The van der Waals surface area contributed by atoms with Gasteiger partial charge in [-0.15, -0.1) is 10.2 Å². The van der Waals surface area contributed by atoms with Crippen LogP contribution in [-0.4, -0.2) is 57.1 Å². The summed E-state index contributed by atoms with van der Waals surface area (Å²) in [4.78, 5) is 18.3. The fraction of sp³-hybridized carbons (Fsp3) is 0.375. The maximum Gasteiger partial charge on any atom is 0.251 e. The van der Waals surface area contributed by atoms with Crippen molar-refractivity contribution in [3.8, 4) is 28.5 Å². The van der Waals surface area contributed by atoms with Gasteiger partial charge in [0.05, 0.1) is 25.5 Å². The van der Waals surface area contributed by atoms with Crippen molar-refractivity contribution in [2.75, 3.05) is 20.3 Å². The van der Waals surface area contributed by atoms with Gasteiger partial charge in [-0.3, -0.25) is 4.79 Å². The van der Waals surface area contributed by atoms with Gasteiger partial charge in [0.2, 0.25) is 0 Å². The number of pyridine rings is 1. The number of carbonyl (C=O) groups is 1. The summed E-state index contributed by atoms with van der Waals surface area (Å²) in [6.45, 7) is 2.24. The van der Waals surface area contributed by atoms with Crippen molar-refractivity contribution in [1.29, 1.82) is 0 Å². The number of amides is 1. The van der Waals surface area contributed by atoms with Crippen LogP contribution in [0.5, 0.6) is 17.2 Å². The van der Waals surface area contributed by atoms with E-state index in [9.17, 15) is 14.3 Å². The first-order chi connectivity index (χ1) is 20.8. The molecule has 2 atom stereocenters. The predicted molar refractivity (Wildman–Crippen MR) is 153 cm³/mol. The van der Waals surface area contributed by atoms with Gasteiger partial charge >= 0.3 is 0 Å². The first-order valence-corrected chi connectivity index (χ1v) is 14.4. The van der Waals surface area contributed by atoms with Crippen LogP contribution in [-0.2, 0) is 11.1 Å². The molecule has 4 aromatic rings. The van der Waals surface area contributed by atoms with Gasteiger partial charge in [-0.2, -0.15) is 0 Å². The number of methoxy groups -OCH3 is 1. The molecule has 2 fully saturated rings. The Morgan fingerprint density at radius 2 is 1.86 bits per heavy atom. The van der Waals surface area contributed by atoms with E-state index in [1.807, 2.05) is 17.6 Å². The molecule has 1 amide bonds. The largest absolute Gasteiger partial charge is 0.493 e. The zero-order valence-corrected chi connectivity index (χ0v) is 23.9. The minimum atomic E-state index is -1.46. The molecule has 2 aromatic heterocycles. The predicted octanol–water partition coefficient (Wildman–Crippen LogP) is 4.21. The Kier molecular flexibility index (Phi) is 6.57. The highest BCUT2D eigenvalue weighted by Crippen LogP contribution is 2.50. The topological polar surface area (TPSA) is 121 Å². The molecule has 11 heteroatoms. The lowest BCUT2D eigenvalue weighted by molar-refractivity contribution is 0.00945. The van der Waals surface area contributed by atoms with Gasteiger partial charge in [-0.05, 0) is 87.1 Å². The number of carbonyl (C=O) groups excluding carboxylic acids is 1. The molecule has 222 valence electrons. The third-order valence-corrected chi connectivity index (χ3v) is 8.62. The molecule has 3 aliphatic rings. The first-order valence-electron chi connectivity index (χ1n) is 14.4. The van der Waals surface area contributed by atoms with E-state index in [1.165, 1.54) is 19.2 Å². The SMILES string of the molecule is COc1cc(C(=O)NC[C@](O)(c2cc3c(c(-c4ccc(F)cc4)n2)OC[C@]3(C)n2cnnc2)C2CC2)ccc1OC1CC1. The third-order valence-electron chi connectivity index (χ3n) is 8.62. The zero-order valence-electron chi connectivity index (χ0n) is 23.9. The smallest absolute Gasteiger partial charge is 0.251 e. The summed E-state index contributed by atoms with van der Waals surface area (Å²) in [7, 11) is 1.54. The number of fused-ring (bicyclic) bond motifs is 1. The monoisotopic (exact) mass is 585 g/mol. The minimum Gasteiger partial charge on any atom is -0.493 e. The Bertz CT molecular complexity index is 1670. The summed E-state index contributed by atoms with van der Waals surface area (Å²) < 4.78 is 33.3. The van der Waals surface area contributed by atoms with Gasteiger partial charge in [-0.1, -0.05) is 0 Å². The fourth-order valence-electron chi connectivity index (χ4n) is 5.66. The lowest BCUT2D eigenvalue weighted by Crippen LogP contribution is -2.43. The molecule has 2 aliphatic carbocycles. The van der Waals surface area contributed by atoms with Gasteiger partial charge in [0, 0.05) is 16.7 Å².